The van der Waals surface area contributed by atoms with Crippen LogP contribution in [0, 0.1) is 5.92 Å². The van der Waals surface area contributed by atoms with Gasteiger partial charge >= 0.3 is 6.36 Å². The second-order valence-electron chi connectivity index (χ2n) is 6.39. The Morgan fingerprint density at radius 1 is 1.07 bits per heavy atom. The molecule has 0 saturated heterocycles. The van der Waals surface area contributed by atoms with E-state index < -0.39 is 18.2 Å². The summed E-state index contributed by atoms with van der Waals surface area (Å²) < 4.78 is 65.8. The molecule has 9 heteroatoms. The van der Waals surface area contributed by atoms with Crippen molar-refractivity contribution < 1.29 is 31.5 Å². The first-order valence-electron chi connectivity index (χ1n) is 8.19. The van der Waals surface area contributed by atoms with Crippen LogP contribution in [0.2, 0.25) is 0 Å². The molecule has 0 bridgehead atoms. The molecule has 0 aliphatic heterocycles. The van der Waals surface area contributed by atoms with Gasteiger partial charge in [0.1, 0.15) is 17.4 Å². The molecule has 1 saturated carbocycles. The summed E-state index contributed by atoms with van der Waals surface area (Å²) in [5.74, 6) is -3.45. The Morgan fingerprint density at radius 3 is 2.19 bits per heavy atom. The lowest BCUT2D eigenvalue weighted by Gasteiger charge is -2.33. The van der Waals surface area contributed by atoms with Crippen molar-refractivity contribution >= 4 is 5.78 Å². The van der Waals surface area contributed by atoms with E-state index in [1.54, 1.807) is 0 Å². The van der Waals surface area contributed by atoms with Gasteiger partial charge < -0.3 is 4.74 Å². The molecule has 1 aromatic carbocycles. The Morgan fingerprint density at radius 2 is 1.67 bits per heavy atom. The minimum Gasteiger partial charge on any atom is -0.406 e. The van der Waals surface area contributed by atoms with Crippen LogP contribution in [0.5, 0.6) is 5.75 Å². The summed E-state index contributed by atoms with van der Waals surface area (Å²) in [5.41, 5.74) is 1.19. The van der Waals surface area contributed by atoms with E-state index in [0.29, 0.717) is 17.0 Å². The zero-order chi connectivity index (χ0) is 19.7. The van der Waals surface area contributed by atoms with Crippen molar-refractivity contribution in [2.45, 2.75) is 38.0 Å². The number of carbonyl (C=O) groups is 1. The maximum atomic E-state index is 12.8. The van der Waals surface area contributed by atoms with Crippen LogP contribution in [0.3, 0.4) is 0 Å². The highest BCUT2D eigenvalue weighted by Crippen LogP contribution is 2.43. The van der Waals surface area contributed by atoms with Crippen LogP contribution in [-0.4, -0.2) is 28.0 Å². The normalized spacial score (nSPS) is 16.6. The summed E-state index contributed by atoms with van der Waals surface area (Å²) in [5, 5.41) is 0. The maximum Gasteiger partial charge on any atom is 0.573 e. The number of ketones is 1. The molecule has 1 aliphatic rings. The van der Waals surface area contributed by atoms with Crippen LogP contribution in [-0.2, 0) is 11.2 Å². The molecule has 0 unspecified atom stereocenters. The molecule has 0 atom stereocenters. The van der Waals surface area contributed by atoms with Crippen molar-refractivity contribution in [3.63, 3.8) is 0 Å². The molecule has 27 heavy (non-hydrogen) atoms. The zero-order valence-electron chi connectivity index (χ0n) is 14.0. The fraction of sp³-hybridized carbons (Fsp3) is 0.389. The fourth-order valence-corrected chi connectivity index (χ4v) is 2.81. The second kappa shape index (κ2) is 7.21. The van der Waals surface area contributed by atoms with E-state index in [-0.39, 0.29) is 37.2 Å². The third-order valence-electron chi connectivity index (χ3n) is 4.27. The van der Waals surface area contributed by atoms with E-state index in [2.05, 4.69) is 14.7 Å². The minimum atomic E-state index is -4.75. The first kappa shape index (κ1) is 19.2. The topological polar surface area (TPSA) is 52.1 Å². The van der Waals surface area contributed by atoms with Crippen molar-refractivity contribution in [1.29, 1.82) is 0 Å². The Kier molecular flexibility index (Phi) is 5.12. The monoisotopic (exact) mass is 386 g/mol. The number of carbonyl (C=O) groups excluding carboxylic acids is 1. The summed E-state index contributed by atoms with van der Waals surface area (Å²) in [7, 11) is 0. The third kappa shape index (κ3) is 5.21. The number of ether oxygens (including phenoxy) is 1. The Balaban J connectivity index is 1.55. The van der Waals surface area contributed by atoms with Gasteiger partial charge in [-0.25, -0.2) is 18.7 Å². The van der Waals surface area contributed by atoms with E-state index in [0.717, 1.165) is 0 Å². The lowest BCUT2D eigenvalue weighted by molar-refractivity contribution is -0.274. The van der Waals surface area contributed by atoms with Crippen LogP contribution < -0.4 is 4.74 Å². The molecule has 0 radical (unpaired) electrons. The highest BCUT2D eigenvalue weighted by Gasteiger charge is 2.48. The fourth-order valence-electron chi connectivity index (χ4n) is 2.81. The van der Waals surface area contributed by atoms with Gasteiger partial charge in [-0.2, -0.15) is 0 Å². The quantitative estimate of drug-likeness (QED) is 0.682. The summed E-state index contributed by atoms with van der Waals surface area (Å²) in [6.07, 6.45) is -2.20. The average Bonchev–Trinajstić information content (AvgIpc) is 2.57. The first-order chi connectivity index (χ1) is 12.6. The van der Waals surface area contributed by atoms with Gasteiger partial charge in [-0.05, 0) is 17.7 Å². The molecule has 144 valence electrons. The van der Waals surface area contributed by atoms with Gasteiger partial charge in [0, 0.05) is 49.6 Å². The van der Waals surface area contributed by atoms with Crippen molar-refractivity contribution in [3.8, 4) is 16.9 Å². The Bertz CT molecular complexity index is 796. The zero-order valence-corrected chi connectivity index (χ0v) is 14.0. The largest absolute Gasteiger partial charge is 0.573 e. The standard InChI is InChI=1S/C18H15F5N2O2/c19-17(20)7-12(8-17)15(26)5-6-16-24-9-13(10-25-16)11-1-3-14(4-2-11)27-18(21,22)23/h1-4,9-10,12H,5-8H2. The van der Waals surface area contributed by atoms with Crippen LogP contribution in [0.1, 0.15) is 25.1 Å². The number of Topliss-reactive ketones (excluding diaryl/α,β-unsaturated/α-hetero) is 1. The molecule has 3 rings (SSSR count). The highest BCUT2D eigenvalue weighted by molar-refractivity contribution is 5.82. The predicted molar refractivity (Wildman–Crippen MR) is 85.2 cm³/mol. The second-order valence-corrected chi connectivity index (χ2v) is 6.39. The van der Waals surface area contributed by atoms with Crippen LogP contribution in [0.15, 0.2) is 36.7 Å². The third-order valence-corrected chi connectivity index (χ3v) is 4.27. The molecule has 1 fully saturated rings. The summed E-state index contributed by atoms with van der Waals surface area (Å²) in [6, 6.07) is 5.26. The summed E-state index contributed by atoms with van der Waals surface area (Å²) in [6.45, 7) is 0. The first-order valence-corrected chi connectivity index (χ1v) is 8.19. The number of aryl methyl sites for hydroxylation is 1. The molecular formula is C18H15F5N2O2. The van der Waals surface area contributed by atoms with E-state index in [4.69, 9.17) is 0 Å². The molecular weight excluding hydrogens is 371 g/mol. The minimum absolute atomic E-state index is 0.101. The van der Waals surface area contributed by atoms with Gasteiger partial charge in [-0.1, -0.05) is 12.1 Å². The number of alkyl halides is 5. The number of hydrogen-bond acceptors (Lipinski definition) is 4. The van der Waals surface area contributed by atoms with Crippen LogP contribution >= 0.6 is 0 Å². The number of rotatable bonds is 6. The van der Waals surface area contributed by atoms with Crippen LogP contribution in [0.4, 0.5) is 22.0 Å². The predicted octanol–water partition coefficient (Wildman–Crippen LogP) is 4.59. The smallest absolute Gasteiger partial charge is 0.406 e. The average molecular weight is 386 g/mol. The van der Waals surface area contributed by atoms with Crippen molar-refractivity contribution in [1.82, 2.24) is 9.97 Å². The summed E-state index contributed by atoms with van der Waals surface area (Å²) >= 11 is 0. The van der Waals surface area contributed by atoms with Gasteiger partial charge in [0.25, 0.3) is 0 Å². The highest BCUT2D eigenvalue weighted by atomic mass is 19.4. The SMILES string of the molecule is O=C(CCc1ncc(-c2ccc(OC(F)(F)F)cc2)cn1)C1CC(F)(F)C1. The molecule has 1 aromatic heterocycles. The molecule has 1 aliphatic carbocycles. The van der Waals surface area contributed by atoms with Gasteiger partial charge in [0.05, 0.1) is 0 Å². The number of halogens is 5. The lowest BCUT2D eigenvalue weighted by Crippen LogP contribution is -2.40. The van der Waals surface area contributed by atoms with Crippen molar-refractivity contribution in [2.24, 2.45) is 5.92 Å². The van der Waals surface area contributed by atoms with E-state index in [9.17, 15) is 26.7 Å². The van der Waals surface area contributed by atoms with E-state index >= 15 is 0 Å². The number of hydrogen-bond donors (Lipinski definition) is 0. The van der Waals surface area contributed by atoms with Gasteiger partial charge in [0.15, 0.2) is 0 Å². The maximum absolute atomic E-state index is 12.8. The number of nitrogens with zero attached hydrogens (tertiary/aromatic N) is 2. The van der Waals surface area contributed by atoms with E-state index in [1.807, 2.05) is 0 Å². The van der Waals surface area contributed by atoms with Crippen molar-refractivity contribution in [3.05, 3.63) is 42.5 Å². The molecule has 2 aromatic rings. The van der Waals surface area contributed by atoms with Gasteiger partial charge in [-0.3, -0.25) is 4.79 Å². The lowest BCUT2D eigenvalue weighted by atomic mass is 9.77. The summed E-state index contributed by atoms with van der Waals surface area (Å²) in [4.78, 5) is 20.1. The van der Waals surface area contributed by atoms with Gasteiger partial charge in [-0.15, -0.1) is 13.2 Å². The number of aromatic nitrogens is 2. The van der Waals surface area contributed by atoms with E-state index in [1.165, 1.54) is 36.7 Å². The molecule has 1 heterocycles. The van der Waals surface area contributed by atoms with Gasteiger partial charge in [0.2, 0.25) is 5.92 Å². The Hall–Kier alpha value is -2.58. The molecule has 0 amide bonds. The molecule has 0 spiro atoms. The number of benzene rings is 1. The Labute approximate surface area is 151 Å². The molecule has 4 nitrogen and oxygen atoms in total. The molecule has 0 N–H and O–H groups in total. The van der Waals surface area contributed by atoms with Crippen LogP contribution in [0.25, 0.3) is 11.1 Å². The van der Waals surface area contributed by atoms with Crippen molar-refractivity contribution in [2.75, 3.05) is 0 Å².